The Labute approximate surface area is 92.4 Å². The first-order valence-electron chi connectivity index (χ1n) is 6.40. The summed E-state index contributed by atoms with van der Waals surface area (Å²) in [7, 11) is 0. The zero-order valence-electron chi connectivity index (χ0n) is 10.0. The van der Waals surface area contributed by atoms with Crippen molar-refractivity contribution in [2.45, 2.75) is 33.6 Å². The Morgan fingerprint density at radius 2 is 1.80 bits per heavy atom. The first-order valence-corrected chi connectivity index (χ1v) is 6.40. The minimum absolute atomic E-state index is 0.680. The molecule has 0 saturated heterocycles. The van der Waals surface area contributed by atoms with Gasteiger partial charge in [-0.2, -0.15) is 0 Å². The van der Waals surface area contributed by atoms with Gasteiger partial charge in [-0.3, -0.25) is 0 Å². The fraction of sp³-hybridized carbons (Fsp3) is 0.733. The zero-order chi connectivity index (χ0) is 10.6. The molecular formula is C15H20. The van der Waals surface area contributed by atoms with Gasteiger partial charge in [0.05, 0.1) is 0 Å². The molecule has 0 aromatic heterocycles. The minimum Gasteiger partial charge on any atom is -0.0958 e. The predicted molar refractivity (Wildman–Crippen MR) is 62.3 cm³/mol. The van der Waals surface area contributed by atoms with Gasteiger partial charge in [0.1, 0.15) is 0 Å². The molecule has 0 spiro atoms. The van der Waals surface area contributed by atoms with E-state index in [1.165, 1.54) is 18.4 Å². The first-order chi connectivity index (χ1) is 7.03. The maximum absolute atomic E-state index is 4.18. The van der Waals surface area contributed by atoms with Crippen LogP contribution in [0.25, 0.3) is 0 Å². The van der Waals surface area contributed by atoms with Gasteiger partial charge in [0.2, 0.25) is 0 Å². The van der Waals surface area contributed by atoms with E-state index in [0.29, 0.717) is 10.8 Å². The van der Waals surface area contributed by atoms with E-state index in [9.17, 15) is 0 Å². The Balaban J connectivity index is 1.94. The highest BCUT2D eigenvalue weighted by atomic mass is 14.9. The number of hydrogen-bond donors (Lipinski definition) is 0. The van der Waals surface area contributed by atoms with Crippen molar-refractivity contribution in [1.29, 1.82) is 0 Å². The van der Waals surface area contributed by atoms with Gasteiger partial charge in [-0.1, -0.05) is 32.1 Å². The SMILES string of the molecule is C=C(C)C1=CC2[C@@]3(C)[C@H]4CC[C@H](C14)[C@@]23C. The van der Waals surface area contributed by atoms with E-state index in [1.54, 1.807) is 5.57 Å². The lowest BCUT2D eigenvalue weighted by Crippen LogP contribution is -2.26. The molecule has 0 aliphatic heterocycles. The van der Waals surface area contributed by atoms with Crippen LogP contribution in [0.5, 0.6) is 0 Å². The molecule has 0 aromatic carbocycles. The second-order valence-electron chi connectivity index (χ2n) is 6.76. The average Bonchev–Trinajstić information content (AvgIpc) is 2.54. The van der Waals surface area contributed by atoms with E-state index in [-0.39, 0.29) is 0 Å². The molecule has 0 heteroatoms. The molecule has 3 saturated carbocycles. The monoisotopic (exact) mass is 200 g/mol. The first kappa shape index (κ1) is 8.61. The summed E-state index contributed by atoms with van der Waals surface area (Å²) in [6, 6.07) is 0. The van der Waals surface area contributed by atoms with Crippen molar-refractivity contribution in [2.24, 2.45) is 34.5 Å². The molecule has 5 aliphatic carbocycles. The van der Waals surface area contributed by atoms with Crippen molar-refractivity contribution < 1.29 is 0 Å². The Kier molecular flexibility index (Phi) is 1.14. The highest BCUT2D eigenvalue weighted by molar-refractivity contribution is 5.49. The van der Waals surface area contributed by atoms with E-state index in [2.05, 4.69) is 33.4 Å². The van der Waals surface area contributed by atoms with Crippen molar-refractivity contribution in [3.8, 4) is 0 Å². The van der Waals surface area contributed by atoms with Crippen molar-refractivity contribution in [3.63, 3.8) is 0 Å². The Morgan fingerprint density at radius 1 is 1.27 bits per heavy atom. The highest BCUT2D eigenvalue weighted by Gasteiger charge is 2.85. The molecule has 6 bridgehead atoms. The lowest BCUT2D eigenvalue weighted by Gasteiger charge is -2.33. The van der Waals surface area contributed by atoms with Gasteiger partial charge in [0, 0.05) is 0 Å². The molecule has 80 valence electrons. The largest absolute Gasteiger partial charge is 0.0958 e. The highest BCUT2D eigenvalue weighted by Crippen LogP contribution is 2.90. The molecule has 0 N–H and O–H groups in total. The summed E-state index contributed by atoms with van der Waals surface area (Å²) in [6.07, 6.45) is 5.57. The second kappa shape index (κ2) is 1.99. The van der Waals surface area contributed by atoms with Crippen LogP contribution < -0.4 is 0 Å². The lowest BCUT2D eigenvalue weighted by atomic mass is 9.71. The van der Waals surface area contributed by atoms with Gasteiger partial charge in [0.15, 0.2) is 0 Å². The van der Waals surface area contributed by atoms with Crippen LogP contribution in [0.1, 0.15) is 33.6 Å². The third-order valence-electron chi connectivity index (χ3n) is 6.76. The molecule has 0 nitrogen and oxygen atoms in total. The van der Waals surface area contributed by atoms with Crippen LogP contribution in [0.4, 0.5) is 0 Å². The van der Waals surface area contributed by atoms with Crippen molar-refractivity contribution in [3.05, 3.63) is 23.8 Å². The van der Waals surface area contributed by atoms with Gasteiger partial charge in [0.25, 0.3) is 0 Å². The lowest BCUT2D eigenvalue weighted by molar-refractivity contribution is 0.259. The molecule has 6 atom stereocenters. The van der Waals surface area contributed by atoms with Gasteiger partial charge >= 0.3 is 0 Å². The van der Waals surface area contributed by atoms with Crippen LogP contribution >= 0.6 is 0 Å². The average molecular weight is 200 g/mol. The van der Waals surface area contributed by atoms with E-state index >= 15 is 0 Å². The van der Waals surface area contributed by atoms with Crippen molar-refractivity contribution in [2.75, 3.05) is 0 Å². The summed E-state index contributed by atoms with van der Waals surface area (Å²) in [4.78, 5) is 0. The van der Waals surface area contributed by atoms with Crippen LogP contribution in [-0.4, -0.2) is 0 Å². The molecule has 5 rings (SSSR count). The molecule has 0 heterocycles. The van der Waals surface area contributed by atoms with Gasteiger partial charge < -0.3 is 0 Å². The summed E-state index contributed by atoms with van der Waals surface area (Å²) in [5.41, 5.74) is 4.34. The van der Waals surface area contributed by atoms with Gasteiger partial charge in [-0.15, -0.1) is 0 Å². The molecule has 5 aliphatic rings. The van der Waals surface area contributed by atoms with E-state index in [0.717, 1.165) is 23.7 Å². The molecule has 2 unspecified atom stereocenters. The topological polar surface area (TPSA) is 0 Å². The second-order valence-corrected chi connectivity index (χ2v) is 6.76. The molecule has 0 amide bonds. The smallest absolute Gasteiger partial charge is 0.00947 e. The predicted octanol–water partition coefficient (Wildman–Crippen LogP) is 3.80. The molecular weight excluding hydrogens is 180 g/mol. The fourth-order valence-corrected chi connectivity index (χ4v) is 6.00. The van der Waals surface area contributed by atoms with Crippen LogP contribution in [0.2, 0.25) is 0 Å². The summed E-state index contributed by atoms with van der Waals surface area (Å²) < 4.78 is 0. The van der Waals surface area contributed by atoms with E-state index in [1.807, 2.05) is 0 Å². The Morgan fingerprint density at radius 3 is 2.27 bits per heavy atom. The molecule has 15 heavy (non-hydrogen) atoms. The van der Waals surface area contributed by atoms with Crippen molar-refractivity contribution in [1.82, 2.24) is 0 Å². The maximum Gasteiger partial charge on any atom is -0.00947 e. The van der Waals surface area contributed by atoms with Crippen LogP contribution in [0.15, 0.2) is 23.8 Å². The zero-order valence-corrected chi connectivity index (χ0v) is 10.0. The van der Waals surface area contributed by atoms with Crippen LogP contribution in [-0.2, 0) is 0 Å². The summed E-state index contributed by atoms with van der Waals surface area (Å²) >= 11 is 0. The third-order valence-corrected chi connectivity index (χ3v) is 6.76. The van der Waals surface area contributed by atoms with E-state index in [4.69, 9.17) is 0 Å². The summed E-state index contributed by atoms with van der Waals surface area (Å²) in [5, 5.41) is 0. The molecule has 3 fully saturated rings. The van der Waals surface area contributed by atoms with Crippen LogP contribution in [0, 0.1) is 34.5 Å². The Bertz CT molecular complexity index is 392. The Hall–Kier alpha value is -0.520. The summed E-state index contributed by atoms with van der Waals surface area (Å²) in [5.74, 6) is 3.77. The van der Waals surface area contributed by atoms with E-state index < -0.39 is 0 Å². The third kappa shape index (κ3) is 0.577. The molecule has 0 aromatic rings. The van der Waals surface area contributed by atoms with Gasteiger partial charge in [-0.05, 0) is 59.8 Å². The number of rotatable bonds is 1. The van der Waals surface area contributed by atoms with Crippen molar-refractivity contribution >= 4 is 0 Å². The standard InChI is InChI=1S/C15H20/c1-8(2)9-7-12-14(3)10-5-6-11(13(9)10)15(12,14)4/h7,10-13H,1,5-6H2,2-4H3/t10-,11+,12?,13?,14+,15-. The van der Waals surface area contributed by atoms with Gasteiger partial charge in [-0.25, -0.2) is 0 Å². The fourth-order valence-electron chi connectivity index (χ4n) is 6.00. The molecule has 0 radical (unpaired) electrons. The minimum atomic E-state index is 0.680. The summed E-state index contributed by atoms with van der Waals surface area (Å²) in [6.45, 7) is 11.5. The number of allylic oxidation sites excluding steroid dienone is 3. The number of hydrogen-bond acceptors (Lipinski definition) is 0. The maximum atomic E-state index is 4.18. The normalized spacial score (nSPS) is 63.0. The quantitative estimate of drug-likeness (QED) is 0.604. The van der Waals surface area contributed by atoms with Crippen LogP contribution in [0.3, 0.4) is 0 Å².